The molecule has 41 heavy (non-hydrogen) atoms. The summed E-state index contributed by atoms with van der Waals surface area (Å²) < 4.78 is 5.26. The number of ether oxygens (including phenoxy) is 1. The third-order valence-electron chi connectivity index (χ3n) is 7.20. The zero-order valence-corrected chi connectivity index (χ0v) is 25.2. The van der Waals surface area contributed by atoms with Gasteiger partial charge in [-0.25, -0.2) is 0 Å². The average molecular weight is 615 g/mol. The Balaban J connectivity index is 1.34. The summed E-state index contributed by atoms with van der Waals surface area (Å²) in [6.07, 6.45) is 0.214. The summed E-state index contributed by atoms with van der Waals surface area (Å²) >= 11 is 0. The number of aliphatic hydroxyl groups is 2. The van der Waals surface area contributed by atoms with Gasteiger partial charge in [0.2, 0.25) is 5.91 Å². The van der Waals surface area contributed by atoms with Crippen molar-refractivity contribution in [3.05, 3.63) is 12.2 Å². The van der Waals surface area contributed by atoms with E-state index in [0.717, 1.165) is 9.80 Å². The molecule has 0 aromatic heterocycles. The van der Waals surface area contributed by atoms with E-state index in [-0.39, 0.29) is 55.0 Å². The number of carbonyl (C=O) groups is 6. The zero-order chi connectivity index (χ0) is 30.5. The van der Waals surface area contributed by atoms with Gasteiger partial charge >= 0.3 is 17.8 Å². The molecule has 4 N–H and O–H groups in total. The van der Waals surface area contributed by atoms with Crippen LogP contribution < -0.4 is 10.6 Å². The number of esters is 1. The molecule has 4 atom stereocenters. The number of aliphatic hydroxyl groups excluding tert-OH is 2. The van der Waals surface area contributed by atoms with Gasteiger partial charge in [-0.05, 0) is 47.0 Å². The Morgan fingerprint density at radius 2 is 1.76 bits per heavy atom. The standard InChI is InChI=1S/C26H38N4O9S2/c1-25(2,24(38)39-14-15-13-16(31)20(35)21-28-22(36)23(37)30(15)21)9-12-40-41-26(3,4)8-7-17(32)27-10-11-29-18(33)5-6-19(29)34/h5-6,15-16,20-21,31,35H,7-14H2,1-4H3,(H,27,32)(H,28,36)/t15-,16-,20-,21-/m0/s1. The fourth-order valence-electron chi connectivity index (χ4n) is 4.51. The van der Waals surface area contributed by atoms with Gasteiger partial charge in [-0.15, -0.1) is 0 Å². The normalized spacial score (nSPS) is 24.5. The van der Waals surface area contributed by atoms with Crippen LogP contribution in [0.5, 0.6) is 0 Å². The van der Waals surface area contributed by atoms with Gasteiger partial charge in [-0.3, -0.25) is 33.7 Å². The molecule has 3 aliphatic heterocycles. The summed E-state index contributed by atoms with van der Waals surface area (Å²) in [6.45, 7) is 7.66. The lowest BCUT2D eigenvalue weighted by molar-refractivity contribution is -0.164. The van der Waals surface area contributed by atoms with E-state index in [0.29, 0.717) is 18.6 Å². The Morgan fingerprint density at radius 3 is 2.41 bits per heavy atom. The molecule has 0 unspecified atom stereocenters. The summed E-state index contributed by atoms with van der Waals surface area (Å²) in [5.74, 6) is -2.48. The van der Waals surface area contributed by atoms with Crippen LogP contribution in [0.25, 0.3) is 0 Å². The molecule has 0 aromatic rings. The maximum Gasteiger partial charge on any atom is 0.314 e. The summed E-state index contributed by atoms with van der Waals surface area (Å²) in [7, 11) is 3.19. The smallest absolute Gasteiger partial charge is 0.314 e. The highest BCUT2D eigenvalue weighted by Gasteiger charge is 2.51. The monoisotopic (exact) mass is 614 g/mol. The molecule has 5 amide bonds. The van der Waals surface area contributed by atoms with Crippen molar-refractivity contribution < 1.29 is 43.7 Å². The van der Waals surface area contributed by atoms with E-state index >= 15 is 0 Å². The maximum atomic E-state index is 12.8. The van der Waals surface area contributed by atoms with Crippen molar-refractivity contribution in [2.45, 2.75) is 82.5 Å². The first-order chi connectivity index (χ1) is 19.1. The minimum atomic E-state index is -1.32. The number of rotatable bonds is 14. The molecular formula is C26H38N4O9S2. The second kappa shape index (κ2) is 13.6. The van der Waals surface area contributed by atoms with Crippen molar-refractivity contribution in [1.29, 1.82) is 0 Å². The Labute approximate surface area is 246 Å². The first-order valence-electron chi connectivity index (χ1n) is 13.4. The summed E-state index contributed by atoms with van der Waals surface area (Å²) in [4.78, 5) is 74.4. The Bertz CT molecular complexity index is 1080. The number of carbonyl (C=O) groups excluding carboxylic acids is 6. The number of hydrogen-bond donors (Lipinski definition) is 4. The van der Waals surface area contributed by atoms with Gasteiger partial charge in [0, 0.05) is 42.2 Å². The van der Waals surface area contributed by atoms with E-state index < -0.39 is 47.6 Å². The lowest BCUT2D eigenvalue weighted by Crippen LogP contribution is -2.61. The molecule has 228 valence electrons. The molecule has 0 aromatic carbocycles. The molecule has 0 spiro atoms. The van der Waals surface area contributed by atoms with E-state index in [1.807, 2.05) is 13.8 Å². The van der Waals surface area contributed by atoms with Gasteiger partial charge in [-0.1, -0.05) is 21.6 Å². The van der Waals surface area contributed by atoms with Crippen LogP contribution in [-0.2, 0) is 33.5 Å². The highest BCUT2D eigenvalue weighted by atomic mass is 33.1. The summed E-state index contributed by atoms with van der Waals surface area (Å²) in [6, 6.07) is -0.741. The van der Waals surface area contributed by atoms with Gasteiger partial charge < -0.3 is 30.5 Å². The lowest BCUT2D eigenvalue weighted by Gasteiger charge is -2.41. The minimum Gasteiger partial charge on any atom is -0.463 e. The van der Waals surface area contributed by atoms with Crippen LogP contribution in [0.3, 0.4) is 0 Å². The fraction of sp³-hybridized carbons (Fsp3) is 0.692. The molecule has 0 saturated carbocycles. The number of imide groups is 1. The Hall–Kier alpha value is -2.62. The third-order valence-corrected chi connectivity index (χ3v) is 10.5. The number of nitrogens with zero attached hydrogens (tertiary/aromatic N) is 2. The minimum absolute atomic E-state index is 0.0268. The van der Waals surface area contributed by atoms with Gasteiger partial charge in [0.15, 0.2) is 0 Å². The molecule has 3 aliphatic rings. The van der Waals surface area contributed by atoms with E-state index in [1.165, 1.54) is 12.2 Å². The SMILES string of the molecule is CC(C)(CCC(=O)NCCN1C(=O)C=CC1=O)SSCCC(C)(C)C(=O)OC[C@@H]1C[C@H](O)[C@H](O)[C@H]2NC(=O)C(=O)N12. The van der Waals surface area contributed by atoms with Crippen LogP contribution in [0.2, 0.25) is 0 Å². The number of piperidine rings is 1. The van der Waals surface area contributed by atoms with E-state index in [1.54, 1.807) is 35.4 Å². The predicted octanol–water partition coefficient (Wildman–Crippen LogP) is -0.294. The molecule has 13 nitrogen and oxygen atoms in total. The van der Waals surface area contributed by atoms with Crippen LogP contribution in [0.15, 0.2) is 12.2 Å². The van der Waals surface area contributed by atoms with Crippen LogP contribution in [0.4, 0.5) is 0 Å². The summed E-state index contributed by atoms with van der Waals surface area (Å²) in [5.41, 5.74) is -0.833. The van der Waals surface area contributed by atoms with E-state index in [9.17, 15) is 39.0 Å². The van der Waals surface area contributed by atoms with Crippen molar-refractivity contribution in [3.8, 4) is 0 Å². The third kappa shape index (κ3) is 8.46. The number of hydrogen-bond acceptors (Lipinski definition) is 11. The Morgan fingerprint density at radius 1 is 1.10 bits per heavy atom. The second-order valence-corrected chi connectivity index (χ2v) is 14.6. The molecule has 0 bridgehead atoms. The van der Waals surface area contributed by atoms with Crippen molar-refractivity contribution in [2.75, 3.05) is 25.4 Å². The van der Waals surface area contributed by atoms with Crippen LogP contribution in [-0.4, -0.2) is 110 Å². The molecule has 3 rings (SSSR count). The van der Waals surface area contributed by atoms with Crippen molar-refractivity contribution >= 4 is 57.1 Å². The van der Waals surface area contributed by atoms with Crippen molar-refractivity contribution in [3.63, 3.8) is 0 Å². The van der Waals surface area contributed by atoms with Gasteiger partial charge in [0.25, 0.3) is 11.8 Å². The highest BCUT2D eigenvalue weighted by Crippen LogP contribution is 2.40. The average Bonchev–Trinajstić information content (AvgIpc) is 3.39. The van der Waals surface area contributed by atoms with Crippen molar-refractivity contribution in [1.82, 2.24) is 20.4 Å². The number of fused-ring (bicyclic) bond motifs is 1. The van der Waals surface area contributed by atoms with Gasteiger partial charge in [0.05, 0.1) is 17.6 Å². The van der Waals surface area contributed by atoms with Gasteiger partial charge in [-0.2, -0.15) is 0 Å². The first-order valence-corrected chi connectivity index (χ1v) is 15.7. The largest absolute Gasteiger partial charge is 0.463 e. The molecule has 15 heteroatoms. The molecule has 3 heterocycles. The zero-order valence-electron chi connectivity index (χ0n) is 23.6. The first kappa shape index (κ1) is 32.9. The van der Waals surface area contributed by atoms with Crippen LogP contribution >= 0.6 is 21.6 Å². The van der Waals surface area contributed by atoms with Crippen LogP contribution in [0, 0.1) is 5.41 Å². The summed E-state index contributed by atoms with van der Waals surface area (Å²) in [5, 5.41) is 25.3. The highest BCUT2D eigenvalue weighted by molar-refractivity contribution is 8.77. The van der Waals surface area contributed by atoms with Gasteiger partial charge in [0.1, 0.15) is 18.9 Å². The molecular weight excluding hydrogens is 576 g/mol. The molecule has 0 radical (unpaired) electrons. The molecule has 2 saturated heterocycles. The van der Waals surface area contributed by atoms with Crippen molar-refractivity contribution in [2.24, 2.45) is 5.41 Å². The second-order valence-electron chi connectivity index (χ2n) is 11.5. The predicted molar refractivity (Wildman–Crippen MR) is 151 cm³/mol. The fourth-order valence-corrected chi connectivity index (χ4v) is 7.40. The number of amides is 5. The van der Waals surface area contributed by atoms with E-state index in [2.05, 4.69) is 10.6 Å². The number of nitrogens with one attached hydrogen (secondary N) is 2. The Kier molecular flexibility index (Phi) is 10.9. The maximum absolute atomic E-state index is 12.8. The quantitative estimate of drug-likeness (QED) is 0.0663. The topological polar surface area (TPSA) is 183 Å². The lowest BCUT2D eigenvalue weighted by atomic mass is 9.90. The molecule has 2 fully saturated rings. The van der Waals surface area contributed by atoms with Crippen LogP contribution in [0.1, 0.15) is 53.4 Å². The molecule has 0 aliphatic carbocycles. The van der Waals surface area contributed by atoms with E-state index in [4.69, 9.17) is 4.74 Å².